The summed E-state index contributed by atoms with van der Waals surface area (Å²) < 4.78 is 17.4. The Morgan fingerprint density at radius 3 is 2.57 bits per heavy atom. The molecular weight excluding hydrogens is 399 g/mol. The number of rotatable bonds is 4. The van der Waals surface area contributed by atoms with Gasteiger partial charge in [-0.3, -0.25) is 4.79 Å². The minimum Gasteiger partial charge on any atom is -0.343 e. The fourth-order valence-corrected chi connectivity index (χ4v) is 4.06. The lowest BCUT2D eigenvalue weighted by Crippen LogP contribution is -2.48. The number of nitrogens with zero attached hydrogens (tertiary/aromatic N) is 4. The monoisotopic (exact) mass is 416 g/mol. The number of amides is 1. The van der Waals surface area contributed by atoms with Crippen molar-refractivity contribution in [3.63, 3.8) is 0 Å². The highest BCUT2D eigenvalue weighted by atomic mass is 35.5. The third-order valence-electron chi connectivity index (χ3n) is 4.64. The lowest BCUT2D eigenvalue weighted by molar-refractivity contribution is 0.0746. The molecule has 1 saturated heterocycles. The van der Waals surface area contributed by atoms with Gasteiger partial charge in [0.15, 0.2) is 0 Å². The van der Waals surface area contributed by atoms with E-state index in [-0.39, 0.29) is 11.7 Å². The van der Waals surface area contributed by atoms with Crippen LogP contribution in [0.15, 0.2) is 48.5 Å². The summed E-state index contributed by atoms with van der Waals surface area (Å²) in [6, 6.07) is 13.4. The Bertz CT molecular complexity index is 970. The van der Waals surface area contributed by atoms with Gasteiger partial charge in [-0.25, -0.2) is 9.37 Å². The van der Waals surface area contributed by atoms with Gasteiger partial charge in [0.25, 0.3) is 5.91 Å². The Hall–Kier alpha value is -2.51. The summed E-state index contributed by atoms with van der Waals surface area (Å²) in [4.78, 5) is 21.2. The number of aromatic nitrogens is 2. The summed E-state index contributed by atoms with van der Waals surface area (Å²) in [5.74, 6) is 0.473. The maximum atomic E-state index is 13.0. The van der Waals surface area contributed by atoms with Crippen LogP contribution in [-0.2, 0) is 6.42 Å². The second-order valence-electron chi connectivity index (χ2n) is 6.59. The predicted molar refractivity (Wildman–Crippen MR) is 109 cm³/mol. The molecule has 0 N–H and O–H groups in total. The topological polar surface area (TPSA) is 49.3 Å². The zero-order chi connectivity index (χ0) is 19.5. The van der Waals surface area contributed by atoms with Gasteiger partial charge in [0.2, 0.25) is 5.13 Å². The molecule has 0 unspecified atom stereocenters. The first-order valence-corrected chi connectivity index (χ1v) is 10.1. The molecule has 0 radical (unpaired) electrons. The molecule has 144 valence electrons. The normalized spacial score (nSPS) is 14.4. The Balaban J connectivity index is 1.35. The first-order valence-electron chi connectivity index (χ1n) is 8.95. The number of piperazine rings is 1. The van der Waals surface area contributed by atoms with E-state index in [2.05, 4.69) is 14.3 Å². The molecule has 1 aliphatic heterocycles. The largest absolute Gasteiger partial charge is 0.343 e. The van der Waals surface area contributed by atoms with E-state index in [1.807, 2.05) is 4.90 Å². The molecule has 1 amide bonds. The van der Waals surface area contributed by atoms with E-state index >= 15 is 0 Å². The molecule has 0 saturated carbocycles. The third kappa shape index (κ3) is 4.31. The van der Waals surface area contributed by atoms with Crippen LogP contribution in [0.2, 0.25) is 5.02 Å². The van der Waals surface area contributed by atoms with Gasteiger partial charge in [0.1, 0.15) is 11.6 Å². The van der Waals surface area contributed by atoms with Crippen molar-refractivity contribution >= 4 is 34.2 Å². The Morgan fingerprint density at radius 2 is 1.86 bits per heavy atom. The Labute approximate surface area is 171 Å². The smallest absolute Gasteiger partial charge is 0.254 e. The van der Waals surface area contributed by atoms with E-state index in [9.17, 15) is 9.18 Å². The van der Waals surface area contributed by atoms with Crippen LogP contribution in [0.4, 0.5) is 9.52 Å². The highest BCUT2D eigenvalue weighted by Gasteiger charge is 2.24. The molecule has 3 aromatic rings. The second kappa shape index (κ2) is 8.24. The molecule has 0 atom stereocenters. The summed E-state index contributed by atoms with van der Waals surface area (Å²) in [7, 11) is 0. The molecular formula is C20H18ClFN4OS. The quantitative estimate of drug-likeness (QED) is 0.647. The van der Waals surface area contributed by atoms with E-state index in [4.69, 9.17) is 11.6 Å². The van der Waals surface area contributed by atoms with Crippen molar-refractivity contribution in [3.8, 4) is 0 Å². The van der Waals surface area contributed by atoms with Crippen LogP contribution in [-0.4, -0.2) is 46.3 Å². The number of anilines is 1. The van der Waals surface area contributed by atoms with Crippen LogP contribution in [0.25, 0.3) is 0 Å². The average Bonchev–Trinajstić information content (AvgIpc) is 3.18. The number of halogens is 2. The van der Waals surface area contributed by atoms with Gasteiger partial charge in [-0.05, 0) is 35.9 Å². The Kier molecular flexibility index (Phi) is 5.54. The van der Waals surface area contributed by atoms with Crippen LogP contribution < -0.4 is 4.90 Å². The molecule has 1 aliphatic rings. The SMILES string of the molecule is O=C(c1cccc(Cl)c1)N1CCN(c2nc(Cc3ccc(F)cc3)ns2)CC1. The predicted octanol–water partition coefficient (Wildman–Crippen LogP) is 3.88. The van der Waals surface area contributed by atoms with Crippen molar-refractivity contribution in [1.29, 1.82) is 0 Å². The minimum atomic E-state index is -0.249. The van der Waals surface area contributed by atoms with Gasteiger partial charge in [0, 0.05) is 54.7 Å². The number of carbonyl (C=O) groups excluding carboxylic acids is 1. The standard InChI is InChI=1S/C20H18ClFN4OS/c21-16-3-1-2-15(13-16)19(27)25-8-10-26(11-9-25)20-23-18(24-28-20)12-14-4-6-17(22)7-5-14/h1-7,13H,8-12H2. The fourth-order valence-electron chi connectivity index (χ4n) is 3.13. The zero-order valence-corrected chi connectivity index (χ0v) is 16.6. The van der Waals surface area contributed by atoms with Crippen molar-refractivity contribution in [2.75, 3.05) is 31.1 Å². The molecule has 2 heterocycles. The highest BCUT2D eigenvalue weighted by Crippen LogP contribution is 2.21. The summed E-state index contributed by atoms with van der Waals surface area (Å²) in [6.45, 7) is 2.66. The minimum absolute atomic E-state index is 0.00332. The van der Waals surface area contributed by atoms with Crippen molar-refractivity contribution in [2.45, 2.75) is 6.42 Å². The fraction of sp³-hybridized carbons (Fsp3) is 0.250. The van der Waals surface area contributed by atoms with Crippen LogP contribution in [0.1, 0.15) is 21.7 Å². The van der Waals surface area contributed by atoms with Crippen LogP contribution in [0, 0.1) is 5.82 Å². The molecule has 28 heavy (non-hydrogen) atoms. The van der Waals surface area contributed by atoms with E-state index in [1.54, 1.807) is 36.4 Å². The molecule has 0 spiro atoms. The summed E-state index contributed by atoms with van der Waals surface area (Å²) in [6.07, 6.45) is 0.573. The molecule has 0 aliphatic carbocycles. The summed E-state index contributed by atoms with van der Waals surface area (Å²) in [5, 5.41) is 1.42. The lowest BCUT2D eigenvalue weighted by atomic mass is 10.1. The van der Waals surface area contributed by atoms with Gasteiger partial charge in [-0.2, -0.15) is 4.37 Å². The molecule has 0 bridgehead atoms. The number of benzene rings is 2. The summed E-state index contributed by atoms with van der Waals surface area (Å²) in [5.41, 5.74) is 1.58. The average molecular weight is 417 g/mol. The molecule has 5 nitrogen and oxygen atoms in total. The van der Waals surface area contributed by atoms with Crippen LogP contribution in [0.3, 0.4) is 0 Å². The molecule has 2 aromatic carbocycles. The van der Waals surface area contributed by atoms with E-state index in [1.165, 1.54) is 23.7 Å². The van der Waals surface area contributed by atoms with E-state index in [0.717, 1.165) is 16.5 Å². The molecule has 4 rings (SSSR count). The van der Waals surface area contributed by atoms with Gasteiger partial charge in [0.05, 0.1) is 0 Å². The lowest BCUT2D eigenvalue weighted by Gasteiger charge is -2.34. The highest BCUT2D eigenvalue weighted by molar-refractivity contribution is 7.09. The second-order valence-corrected chi connectivity index (χ2v) is 7.75. The first-order chi connectivity index (χ1) is 13.6. The zero-order valence-electron chi connectivity index (χ0n) is 15.0. The van der Waals surface area contributed by atoms with Gasteiger partial charge < -0.3 is 9.80 Å². The molecule has 8 heteroatoms. The van der Waals surface area contributed by atoms with Crippen LogP contribution in [0.5, 0.6) is 0 Å². The Morgan fingerprint density at radius 1 is 1.11 bits per heavy atom. The van der Waals surface area contributed by atoms with Gasteiger partial charge in [-0.1, -0.05) is 29.8 Å². The number of carbonyl (C=O) groups is 1. The first kappa shape index (κ1) is 18.8. The number of hydrogen-bond donors (Lipinski definition) is 0. The van der Waals surface area contributed by atoms with E-state index < -0.39 is 0 Å². The van der Waals surface area contributed by atoms with Gasteiger partial charge >= 0.3 is 0 Å². The van der Waals surface area contributed by atoms with Crippen molar-refractivity contribution < 1.29 is 9.18 Å². The van der Waals surface area contributed by atoms with Gasteiger partial charge in [-0.15, -0.1) is 0 Å². The molecule has 1 fully saturated rings. The number of hydrogen-bond acceptors (Lipinski definition) is 5. The maximum absolute atomic E-state index is 13.0. The summed E-state index contributed by atoms with van der Waals surface area (Å²) >= 11 is 7.34. The van der Waals surface area contributed by atoms with Crippen molar-refractivity contribution in [1.82, 2.24) is 14.3 Å². The van der Waals surface area contributed by atoms with Crippen molar-refractivity contribution in [2.24, 2.45) is 0 Å². The molecule has 1 aromatic heterocycles. The van der Waals surface area contributed by atoms with Crippen molar-refractivity contribution in [3.05, 3.63) is 76.3 Å². The maximum Gasteiger partial charge on any atom is 0.254 e. The third-order valence-corrected chi connectivity index (χ3v) is 5.69. The van der Waals surface area contributed by atoms with E-state index in [0.29, 0.717) is 43.2 Å². The van der Waals surface area contributed by atoms with Crippen LogP contribution >= 0.6 is 23.1 Å².